The number of nitrogens with zero attached hydrogens (tertiary/aromatic N) is 2. The Morgan fingerprint density at radius 2 is 2.14 bits per heavy atom. The van der Waals surface area contributed by atoms with E-state index in [2.05, 4.69) is 52.9 Å². The maximum absolute atomic E-state index is 5.99. The minimum atomic E-state index is 0.612. The van der Waals surface area contributed by atoms with E-state index in [9.17, 15) is 0 Å². The van der Waals surface area contributed by atoms with E-state index in [1.54, 1.807) is 0 Å². The van der Waals surface area contributed by atoms with Crippen LogP contribution in [0.4, 0.5) is 0 Å². The Hall–Kier alpha value is -1.44. The Morgan fingerprint density at radius 3 is 2.89 bits per heavy atom. The van der Waals surface area contributed by atoms with Crippen LogP contribution in [0.25, 0.3) is 0 Å². The molecule has 0 saturated carbocycles. The van der Waals surface area contributed by atoms with Gasteiger partial charge in [-0.3, -0.25) is 4.90 Å². The van der Waals surface area contributed by atoms with Crippen molar-refractivity contribution < 1.29 is 9.47 Å². The number of hydrogen-bond acceptors (Lipinski definition) is 5. The number of benzene rings is 1. The summed E-state index contributed by atoms with van der Waals surface area (Å²) in [6.45, 7) is 7.85. The molecule has 0 radical (unpaired) electrons. The average Bonchev–Trinajstić information content (AvgIpc) is 2.73. The topological polar surface area (TPSA) is 58.1 Å². The molecule has 0 bridgehead atoms. The molecule has 2 N–H and O–H groups in total. The van der Waals surface area contributed by atoms with Crippen LogP contribution in [0, 0.1) is 0 Å². The number of rotatable bonds is 11. The Labute approximate surface area is 174 Å². The van der Waals surface area contributed by atoms with Gasteiger partial charge in [0.1, 0.15) is 12.4 Å². The van der Waals surface area contributed by atoms with Gasteiger partial charge in [-0.2, -0.15) is 11.8 Å². The highest BCUT2D eigenvalue weighted by Gasteiger charge is 2.17. The van der Waals surface area contributed by atoms with E-state index in [0.29, 0.717) is 19.2 Å². The van der Waals surface area contributed by atoms with Crippen LogP contribution in [0.1, 0.15) is 25.3 Å². The van der Waals surface area contributed by atoms with E-state index in [4.69, 9.17) is 9.47 Å². The van der Waals surface area contributed by atoms with Gasteiger partial charge in [-0.15, -0.1) is 0 Å². The number of ether oxygens (including phenoxy) is 2. The van der Waals surface area contributed by atoms with Gasteiger partial charge < -0.3 is 20.1 Å². The summed E-state index contributed by atoms with van der Waals surface area (Å²) in [4.78, 5) is 7.06. The van der Waals surface area contributed by atoms with Crippen molar-refractivity contribution in [3.05, 3.63) is 29.8 Å². The van der Waals surface area contributed by atoms with Crippen molar-refractivity contribution in [3.8, 4) is 5.75 Å². The summed E-state index contributed by atoms with van der Waals surface area (Å²) in [6, 6.07) is 8.85. The van der Waals surface area contributed by atoms with E-state index in [0.717, 1.165) is 68.7 Å². The molecular formula is C21H36N4O2S. The summed E-state index contributed by atoms with van der Waals surface area (Å²) in [5, 5.41) is 6.64. The van der Waals surface area contributed by atoms with Crippen molar-refractivity contribution in [1.82, 2.24) is 15.5 Å². The van der Waals surface area contributed by atoms with E-state index in [-0.39, 0.29) is 0 Å². The lowest BCUT2D eigenvalue weighted by atomic mass is 10.1. The molecule has 28 heavy (non-hydrogen) atoms. The highest BCUT2D eigenvalue weighted by atomic mass is 32.2. The zero-order valence-corrected chi connectivity index (χ0v) is 18.4. The van der Waals surface area contributed by atoms with Crippen LogP contribution < -0.4 is 15.4 Å². The van der Waals surface area contributed by atoms with Gasteiger partial charge in [0.05, 0.1) is 6.54 Å². The molecule has 1 aliphatic heterocycles. The molecule has 6 nitrogen and oxygen atoms in total. The fourth-order valence-corrected chi connectivity index (χ4v) is 3.44. The molecule has 1 aliphatic rings. The molecule has 7 heteroatoms. The predicted molar refractivity (Wildman–Crippen MR) is 120 cm³/mol. The van der Waals surface area contributed by atoms with Crippen molar-refractivity contribution >= 4 is 17.7 Å². The second kappa shape index (κ2) is 13.7. The van der Waals surface area contributed by atoms with Gasteiger partial charge in [-0.05, 0) is 50.8 Å². The number of nitrogens with one attached hydrogen (secondary N) is 2. The zero-order valence-electron chi connectivity index (χ0n) is 17.6. The maximum atomic E-state index is 5.99. The Morgan fingerprint density at radius 1 is 1.32 bits per heavy atom. The lowest BCUT2D eigenvalue weighted by Crippen LogP contribution is -2.38. The van der Waals surface area contributed by atoms with Crippen LogP contribution in [0.15, 0.2) is 29.3 Å². The fraction of sp³-hybridized carbons (Fsp3) is 0.667. The summed E-state index contributed by atoms with van der Waals surface area (Å²) in [5.41, 5.74) is 1.15. The van der Waals surface area contributed by atoms with Crippen molar-refractivity contribution in [1.29, 1.82) is 0 Å². The van der Waals surface area contributed by atoms with E-state index in [1.807, 2.05) is 23.9 Å². The highest BCUT2D eigenvalue weighted by molar-refractivity contribution is 7.98. The first-order valence-corrected chi connectivity index (χ1v) is 11.6. The molecule has 1 aromatic rings. The first kappa shape index (κ1) is 22.8. The van der Waals surface area contributed by atoms with Crippen molar-refractivity contribution in [2.45, 2.75) is 32.4 Å². The molecule has 0 unspecified atom stereocenters. The van der Waals surface area contributed by atoms with Gasteiger partial charge in [0.25, 0.3) is 0 Å². The predicted octanol–water partition coefficient (Wildman–Crippen LogP) is 2.59. The molecule has 0 aromatic heterocycles. The Bertz CT molecular complexity index is 579. The number of thioether (sulfide) groups is 1. The molecule has 1 heterocycles. The van der Waals surface area contributed by atoms with Gasteiger partial charge in [0.15, 0.2) is 5.96 Å². The number of hydrogen-bond donors (Lipinski definition) is 2. The summed E-state index contributed by atoms with van der Waals surface area (Å²) >= 11 is 1.83. The minimum Gasteiger partial charge on any atom is -0.492 e. The first-order chi connectivity index (χ1) is 13.7. The third-order valence-corrected chi connectivity index (χ3v) is 5.40. The second-order valence-corrected chi connectivity index (χ2v) is 7.92. The van der Waals surface area contributed by atoms with Crippen LogP contribution in [0.3, 0.4) is 0 Å². The van der Waals surface area contributed by atoms with Gasteiger partial charge in [0, 0.05) is 44.6 Å². The standard InChI is InChI=1S/C21H36N4O2S/c1-4-22-21(23-10-15-28-3)24-17-18-6-5-7-20(16-18)27-14-11-25(2)19-8-12-26-13-9-19/h5-7,16,19H,4,8-15,17H2,1-3H3,(H2,22,23,24). The maximum Gasteiger partial charge on any atom is 0.191 e. The van der Waals surface area contributed by atoms with Crippen LogP contribution in [-0.4, -0.2) is 75.4 Å². The first-order valence-electron chi connectivity index (χ1n) is 10.2. The number of likely N-dealkylation sites (N-methyl/N-ethyl adjacent to an activating group) is 1. The summed E-state index contributed by atoms with van der Waals surface area (Å²) in [5.74, 6) is 2.84. The normalized spacial score (nSPS) is 15.6. The van der Waals surface area contributed by atoms with Crippen molar-refractivity contribution in [2.75, 3.05) is 58.5 Å². The lowest BCUT2D eigenvalue weighted by molar-refractivity contribution is 0.0392. The van der Waals surface area contributed by atoms with Crippen LogP contribution in [0.2, 0.25) is 0 Å². The lowest BCUT2D eigenvalue weighted by Gasteiger charge is -2.31. The Kier molecular flexibility index (Phi) is 11.2. The molecule has 1 saturated heterocycles. The molecule has 0 atom stereocenters. The van der Waals surface area contributed by atoms with Crippen LogP contribution in [0.5, 0.6) is 5.75 Å². The zero-order chi connectivity index (χ0) is 20.0. The molecule has 158 valence electrons. The van der Waals surface area contributed by atoms with E-state index >= 15 is 0 Å². The molecule has 1 aromatic carbocycles. The molecule has 0 aliphatic carbocycles. The SMILES string of the molecule is CCNC(=NCc1cccc(OCCN(C)C2CCOCC2)c1)NCCSC. The van der Waals surface area contributed by atoms with Crippen molar-refractivity contribution in [2.24, 2.45) is 4.99 Å². The average molecular weight is 409 g/mol. The molecule has 0 amide bonds. The molecule has 2 rings (SSSR count). The molecular weight excluding hydrogens is 372 g/mol. The van der Waals surface area contributed by atoms with Crippen LogP contribution >= 0.6 is 11.8 Å². The van der Waals surface area contributed by atoms with Gasteiger partial charge in [-0.25, -0.2) is 4.99 Å². The largest absolute Gasteiger partial charge is 0.492 e. The molecule has 0 spiro atoms. The summed E-state index contributed by atoms with van der Waals surface area (Å²) < 4.78 is 11.4. The third-order valence-electron chi connectivity index (χ3n) is 4.79. The van der Waals surface area contributed by atoms with Gasteiger partial charge >= 0.3 is 0 Å². The molecule has 1 fully saturated rings. The minimum absolute atomic E-state index is 0.612. The number of guanidine groups is 1. The quantitative estimate of drug-likeness (QED) is 0.333. The van der Waals surface area contributed by atoms with Gasteiger partial charge in [0.2, 0.25) is 0 Å². The monoisotopic (exact) mass is 408 g/mol. The van der Waals surface area contributed by atoms with Gasteiger partial charge in [-0.1, -0.05) is 12.1 Å². The third kappa shape index (κ3) is 8.71. The second-order valence-electron chi connectivity index (χ2n) is 6.93. The summed E-state index contributed by atoms with van der Waals surface area (Å²) in [7, 11) is 2.18. The van der Waals surface area contributed by atoms with Crippen LogP contribution in [-0.2, 0) is 11.3 Å². The van der Waals surface area contributed by atoms with E-state index in [1.165, 1.54) is 0 Å². The summed E-state index contributed by atoms with van der Waals surface area (Å²) in [6.07, 6.45) is 4.34. The Balaban J connectivity index is 1.79. The van der Waals surface area contributed by atoms with E-state index < -0.39 is 0 Å². The van der Waals surface area contributed by atoms with Crippen molar-refractivity contribution in [3.63, 3.8) is 0 Å². The number of aliphatic imine (C=N–C) groups is 1. The highest BCUT2D eigenvalue weighted by Crippen LogP contribution is 2.15. The smallest absolute Gasteiger partial charge is 0.191 e. The fourth-order valence-electron chi connectivity index (χ4n) is 3.13.